The van der Waals surface area contributed by atoms with E-state index in [2.05, 4.69) is 10.6 Å². The lowest BCUT2D eigenvalue weighted by molar-refractivity contribution is 0.0526. The summed E-state index contributed by atoms with van der Waals surface area (Å²) in [5.74, 6) is 0.879. The molecule has 2 aromatic rings. The molecule has 144 valence electrons. The molecule has 0 atom stereocenters. The molecule has 0 radical (unpaired) electrons. The van der Waals surface area contributed by atoms with Crippen LogP contribution in [0.25, 0.3) is 0 Å². The van der Waals surface area contributed by atoms with Crippen molar-refractivity contribution in [1.82, 2.24) is 5.32 Å². The van der Waals surface area contributed by atoms with Crippen LogP contribution in [0.2, 0.25) is 0 Å². The molecule has 2 aromatic carbocycles. The van der Waals surface area contributed by atoms with Gasteiger partial charge in [-0.1, -0.05) is 24.3 Å². The predicted octanol–water partition coefficient (Wildman–Crippen LogP) is 4.53. The van der Waals surface area contributed by atoms with Crippen molar-refractivity contribution >= 4 is 40.7 Å². The molecule has 4 nitrogen and oxygen atoms in total. The third-order valence-electron chi connectivity index (χ3n) is 3.74. The molecule has 0 aromatic heterocycles. The number of esters is 1. The number of aryl methyl sites for hydroxylation is 1. The topological polar surface area (TPSA) is 50.4 Å². The van der Waals surface area contributed by atoms with Crippen LogP contribution in [-0.4, -0.2) is 30.0 Å². The zero-order chi connectivity index (χ0) is 19.6. The summed E-state index contributed by atoms with van der Waals surface area (Å²) in [6.45, 7) is 4.69. The number of thioether (sulfide) groups is 1. The van der Waals surface area contributed by atoms with Gasteiger partial charge >= 0.3 is 5.97 Å². The van der Waals surface area contributed by atoms with E-state index in [0.717, 1.165) is 17.0 Å². The van der Waals surface area contributed by atoms with Crippen LogP contribution in [0.1, 0.15) is 28.4 Å². The second-order valence-electron chi connectivity index (χ2n) is 5.78. The number of rotatable bonds is 8. The smallest absolute Gasteiger partial charge is 0.338 e. The summed E-state index contributed by atoms with van der Waals surface area (Å²) in [4.78, 5) is 11.9. The Kier molecular flexibility index (Phi) is 8.54. The fourth-order valence-electron chi connectivity index (χ4n) is 2.30. The molecule has 0 saturated carbocycles. The Labute approximate surface area is 168 Å². The van der Waals surface area contributed by atoms with Crippen molar-refractivity contribution in [2.75, 3.05) is 24.2 Å². The minimum absolute atomic E-state index is 0.174. The Hall–Kier alpha value is -2.12. The SMILES string of the molecule is CCOC(=O)c1ccc(C)c(NC(=S)NCCSCc2ccccc2F)c1. The molecular formula is C20H23FN2O2S2. The lowest BCUT2D eigenvalue weighted by Crippen LogP contribution is -2.30. The zero-order valence-electron chi connectivity index (χ0n) is 15.4. The summed E-state index contributed by atoms with van der Waals surface area (Å²) in [6, 6.07) is 12.1. The highest BCUT2D eigenvalue weighted by Crippen LogP contribution is 2.18. The molecule has 0 unspecified atom stereocenters. The number of carbonyl (C=O) groups excluding carboxylic acids is 1. The third kappa shape index (κ3) is 6.84. The van der Waals surface area contributed by atoms with Gasteiger partial charge in [-0.25, -0.2) is 9.18 Å². The number of halogens is 1. The van der Waals surface area contributed by atoms with Gasteiger partial charge in [0.15, 0.2) is 5.11 Å². The van der Waals surface area contributed by atoms with Gasteiger partial charge < -0.3 is 15.4 Å². The van der Waals surface area contributed by atoms with Crippen LogP contribution >= 0.6 is 24.0 Å². The lowest BCUT2D eigenvalue weighted by atomic mass is 10.1. The maximum atomic E-state index is 13.6. The van der Waals surface area contributed by atoms with Crippen molar-refractivity contribution in [3.8, 4) is 0 Å². The van der Waals surface area contributed by atoms with Crippen LogP contribution in [0.15, 0.2) is 42.5 Å². The van der Waals surface area contributed by atoms with Gasteiger partial charge in [-0.05, 0) is 55.4 Å². The monoisotopic (exact) mass is 406 g/mol. The molecule has 2 N–H and O–H groups in total. The molecule has 0 aliphatic heterocycles. The van der Waals surface area contributed by atoms with E-state index in [1.807, 2.05) is 19.1 Å². The maximum absolute atomic E-state index is 13.6. The minimum atomic E-state index is -0.357. The maximum Gasteiger partial charge on any atom is 0.338 e. The van der Waals surface area contributed by atoms with Crippen LogP contribution in [0.3, 0.4) is 0 Å². The number of carbonyl (C=O) groups is 1. The van der Waals surface area contributed by atoms with E-state index in [1.165, 1.54) is 6.07 Å². The molecule has 0 spiro atoms. The predicted molar refractivity (Wildman–Crippen MR) is 114 cm³/mol. The Bertz CT molecular complexity index is 799. The first-order valence-corrected chi connectivity index (χ1v) is 10.2. The number of hydrogen-bond acceptors (Lipinski definition) is 4. The fourth-order valence-corrected chi connectivity index (χ4v) is 3.36. The molecule has 0 aliphatic carbocycles. The molecule has 7 heteroatoms. The molecule has 0 aliphatic rings. The number of ether oxygens (including phenoxy) is 1. The summed E-state index contributed by atoms with van der Waals surface area (Å²) in [6.07, 6.45) is 0. The Morgan fingerprint density at radius 2 is 2.04 bits per heavy atom. The van der Waals surface area contributed by atoms with E-state index >= 15 is 0 Å². The van der Waals surface area contributed by atoms with Crippen molar-refractivity contribution in [1.29, 1.82) is 0 Å². The van der Waals surface area contributed by atoms with E-state index in [0.29, 0.717) is 35.1 Å². The first kappa shape index (κ1) is 21.2. The molecule has 0 fully saturated rings. The normalized spacial score (nSPS) is 10.3. The van der Waals surface area contributed by atoms with Gasteiger partial charge in [-0.15, -0.1) is 0 Å². The second kappa shape index (κ2) is 10.9. The zero-order valence-corrected chi connectivity index (χ0v) is 17.0. The number of benzene rings is 2. The van der Waals surface area contributed by atoms with Crippen LogP contribution in [-0.2, 0) is 10.5 Å². The summed E-state index contributed by atoms with van der Waals surface area (Å²) in [7, 11) is 0. The van der Waals surface area contributed by atoms with Crippen molar-refractivity contribution in [2.45, 2.75) is 19.6 Å². The Morgan fingerprint density at radius 3 is 2.78 bits per heavy atom. The van der Waals surface area contributed by atoms with E-state index in [1.54, 1.807) is 43.0 Å². The Morgan fingerprint density at radius 1 is 1.26 bits per heavy atom. The highest BCUT2D eigenvalue weighted by Gasteiger charge is 2.09. The minimum Gasteiger partial charge on any atom is -0.462 e. The largest absolute Gasteiger partial charge is 0.462 e. The van der Waals surface area contributed by atoms with Gasteiger partial charge in [0, 0.05) is 23.7 Å². The summed E-state index contributed by atoms with van der Waals surface area (Å²) < 4.78 is 18.6. The average molecular weight is 407 g/mol. The van der Waals surface area contributed by atoms with Gasteiger partial charge in [-0.2, -0.15) is 11.8 Å². The summed E-state index contributed by atoms with van der Waals surface area (Å²) in [5, 5.41) is 6.71. The number of thiocarbonyl (C=S) groups is 1. The highest BCUT2D eigenvalue weighted by atomic mass is 32.2. The molecular weight excluding hydrogens is 383 g/mol. The van der Waals surface area contributed by atoms with Crippen LogP contribution in [0.5, 0.6) is 0 Å². The van der Waals surface area contributed by atoms with Crippen molar-refractivity contribution in [3.63, 3.8) is 0 Å². The summed E-state index contributed by atoms with van der Waals surface area (Å²) in [5.41, 5.74) is 2.92. The fraction of sp³-hybridized carbons (Fsp3) is 0.300. The number of hydrogen-bond donors (Lipinski definition) is 2. The number of anilines is 1. The lowest BCUT2D eigenvalue weighted by Gasteiger charge is -2.13. The molecule has 2 rings (SSSR count). The third-order valence-corrected chi connectivity index (χ3v) is 5.00. The average Bonchev–Trinajstić information content (AvgIpc) is 2.65. The van der Waals surface area contributed by atoms with Crippen LogP contribution in [0.4, 0.5) is 10.1 Å². The number of nitrogens with one attached hydrogen (secondary N) is 2. The Balaban J connectivity index is 1.77. The molecule has 27 heavy (non-hydrogen) atoms. The van der Waals surface area contributed by atoms with E-state index in [-0.39, 0.29) is 11.8 Å². The standard InChI is InChI=1S/C20H23FN2O2S2/c1-3-25-19(24)15-9-8-14(2)18(12-15)23-20(26)22-10-11-27-13-16-6-4-5-7-17(16)21/h4-9,12H,3,10-11,13H2,1-2H3,(H2,22,23,26). The summed E-state index contributed by atoms with van der Waals surface area (Å²) >= 11 is 6.94. The van der Waals surface area contributed by atoms with Crippen LogP contribution < -0.4 is 10.6 Å². The molecule has 0 amide bonds. The van der Waals surface area contributed by atoms with Crippen molar-refractivity contribution in [3.05, 3.63) is 65.0 Å². The van der Waals surface area contributed by atoms with Gasteiger partial charge in [0.05, 0.1) is 12.2 Å². The van der Waals surface area contributed by atoms with E-state index in [9.17, 15) is 9.18 Å². The van der Waals surface area contributed by atoms with E-state index in [4.69, 9.17) is 17.0 Å². The molecule has 0 bridgehead atoms. The first-order chi connectivity index (χ1) is 13.0. The van der Waals surface area contributed by atoms with Gasteiger partial charge in [-0.3, -0.25) is 0 Å². The van der Waals surface area contributed by atoms with Crippen LogP contribution in [0, 0.1) is 12.7 Å². The van der Waals surface area contributed by atoms with Crippen molar-refractivity contribution in [2.24, 2.45) is 0 Å². The van der Waals surface area contributed by atoms with Gasteiger partial charge in [0.2, 0.25) is 0 Å². The van der Waals surface area contributed by atoms with Gasteiger partial charge in [0.1, 0.15) is 5.82 Å². The highest BCUT2D eigenvalue weighted by molar-refractivity contribution is 7.98. The quantitative estimate of drug-likeness (QED) is 0.382. The first-order valence-electron chi connectivity index (χ1n) is 8.65. The van der Waals surface area contributed by atoms with E-state index < -0.39 is 0 Å². The second-order valence-corrected chi connectivity index (χ2v) is 7.29. The van der Waals surface area contributed by atoms with Gasteiger partial charge in [0.25, 0.3) is 0 Å². The van der Waals surface area contributed by atoms with Crippen molar-refractivity contribution < 1.29 is 13.9 Å². The molecule has 0 saturated heterocycles. The molecule has 0 heterocycles.